The fourth-order valence-electron chi connectivity index (χ4n) is 2.01. The van der Waals surface area contributed by atoms with E-state index in [9.17, 15) is 0 Å². The first-order chi connectivity index (χ1) is 8.08. The van der Waals surface area contributed by atoms with Crippen LogP contribution in [0.5, 0.6) is 0 Å². The van der Waals surface area contributed by atoms with Crippen LogP contribution in [0.15, 0.2) is 36.4 Å². The molecule has 0 spiro atoms. The highest BCUT2D eigenvalue weighted by molar-refractivity contribution is 5.47. The lowest BCUT2D eigenvalue weighted by atomic mass is 10.0. The maximum absolute atomic E-state index is 6.11. The number of nitrogens with zero attached hydrogens (tertiary/aromatic N) is 1. The van der Waals surface area contributed by atoms with E-state index in [1.54, 1.807) is 0 Å². The van der Waals surface area contributed by atoms with Gasteiger partial charge in [-0.1, -0.05) is 17.7 Å². The van der Waals surface area contributed by atoms with Gasteiger partial charge in [0.15, 0.2) is 0 Å². The van der Waals surface area contributed by atoms with E-state index >= 15 is 0 Å². The quantitative estimate of drug-likeness (QED) is 0.761. The van der Waals surface area contributed by atoms with Gasteiger partial charge in [0.05, 0.1) is 0 Å². The number of nitrogens with two attached hydrogens (primary N) is 1. The van der Waals surface area contributed by atoms with Crippen molar-refractivity contribution in [1.82, 2.24) is 0 Å². The van der Waals surface area contributed by atoms with Gasteiger partial charge in [0, 0.05) is 24.8 Å². The molecule has 17 heavy (non-hydrogen) atoms. The van der Waals surface area contributed by atoms with Crippen molar-refractivity contribution in [1.29, 1.82) is 0 Å². The molecule has 0 unspecified atom stereocenters. The van der Waals surface area contributed by atoms with Gasteiger partial charge in [-0.2, -0.15) is 0 Å². The summed E-state index contributed by atoms with van der Waals surface area (Å²) < 4.78 is 0. The third-order valence-corrected chi connectivity index (χ3v) is 3.02. The van der Waals surface area contributed by atoms with Crippen LogP contribution in [0, 0.1) is 0 Å². The van der Waals surface area contributed by atoms with Crippen molar-refractivity contribution in [3.8, 4) is 0 Å². The average molecular weight is 232 g/mol. The fourth-order valence-corrected chi connectivity index (χ4v) is 2.01. The summed E-state index contributed by atoms with van der Waals surface area (Å²) in [5, 5.41) is 0. The molecule has 0 saturated heterocycles. The zero-order chi connectivity index (χ0) is 12.8. The highest BCUT2D eigenvalue weighted by Crippen LogP contribution is 2.21. The first kappa shape index (κ1) is 13.8. The number of hydrogen-bond acceptors (Lipinski definition) is 2. The highest BCUT2D eigenvalue weighted by Gasteiger charge is 2.07. The van der Waals surface area contributed by atoms with Gasteiger partial charge < -0.3 is 10.6 Å². The summed E-state index contributed by atoms with van der Waals surface area (Å²) in [6, 6.07) is 8.63. The molecule has 0 aliphatic carbocycles. The molecule has 0 aliphatic heterocycles. The molecular formula is C15H24N2. The van der Waals surface area contributed by atoms with Crippen LogP contribution in [0.3, 0.4) is 0 Å². The summed E-state index contributed by atoms with van der Waals surface area (Å²) in [4.78, 5) is 2.33. The summed E-state index contributed by atoms with van der Waals surface area (Å²) >= 11 is 0. The minimum Gasteiger partial charge on any atom is -0.372 e. The van der Waals surface area contributed by atoms with E-state index in [1.807, 2.05) is 6.92 Å². The lowest BCUT2D eigenvalue weighted by molar-refractivity contribution is 0.717. The normalized spacial score (nSPS) is 12.2. The van der Waals surface area contributed by atoms with E-state index in [0.29, 0.717) is 0 Å². The van der Waals surface area contributed by atoms with Gasteiger partial charge in [-0.15, -0.1) is 6.58 Å². The molecule has 2 N–H and O–H groups in total. The van der Waals surface area contributed by atoms with E-state index in [4.69, 9.17) is 5.73 Å². The van der Waals surface area contributed by atoms with Crippen molar-refractivity contribution in [2.45, 2.75) is 33.2 Å². The van der Waals surface area contributed by atoms with E-state index < -0.39 is 0 Å². The van der Waals surface area contributed by atoms with Gasteiger partial charge in [-0.25, -0.2) is 0 Å². The second-order valence-corrected chi connectivity index (χ2v) is 4.53. The number of hydrogen-bond donors (Lipinski definition) is 1. The Balaban J connectivity index is 2.76. The van der Waals surface area contributed by atoms with Crippen molar-refractivity contribution in [2.24, 2.45) is 5.73 Å². The van der Waals surface area contributed by atoms with Gasteiger partial charge in [-0.05, 0) is 44.9 Å². The molecule has 0 amide bonds. The van der Waals surface area contributed by atoms with Crippen LogP contribution in [0.2, 0.25) is 0 Å². The molecule has 0 radical (unpaired) electrons. The van der Waals surface area contributed by atoms with Gasteiger partial charge in [-0.3, -0.25) is 0 Å². The Labute approximate surface area is 105 Å². The second-order valence-electron chi connectivity index (χ2n) is 4.53. The van der Waals surface area contributed by atoms with Gasteiger partial charge in [0.1, 0.15) is 0 Å². The Kier molecular flexibility index (Phi) is 5.23. The average Bonchev–Trinajstić information content (AvgIpc) is 2.30. The summed E-state index contributed by atoms with van der Waals surface area (Å²) in [5.74, 6) is 0. The van der Waals surface area contributed by atoms with Crippen molar-refractivity contribution < 1.29 is 0 Å². The first-order valence-electron chi connectivity index (χ1n) is 6.33. The van der Waals surface area contributed by atoms with E-state index in [1.165, 1.54) is 11.3 Å². The van der Waals surface area contributed by atoms with E-state index in [0.717, 1.165) is 25.1 Å². The van der Waals surface area contributed by atoms with Crippen LogP contribution in [-0.2, 0) is 0 Å². The van der Waals surface area contributed by atoms with Crippen LogP contribution in [0.1, 0.15) is 38.8 Å². The highest BCUT2D eigenvalue weighted by atomic mass is 15.1. The largest absolute Gasteiger partial charge is 0.372 e. The molecule has 2 heteroatoms. The van der Waals surface area contributed by atoms with Crippen molar-refractivity contribution in [2.75, 3.05) is 18.0 Å². The Bertz CT molecular complexity index is 350. The number of benzene rings is 1. The van der Waals surface area contributed by atoms with Crippen LogP contribution >= 0.6 is 0 Å². The van der Waals surface area contributed by atoms with Crippen LogP contribution in [0.4, 0.5) is 5.69 Å². The SMILES string of the molecule is C=C(C)C[C@H](N)c1ccc(N(CC)CC)cc1. The number of anilines is 1. The minimum atomic E-state index is 0.0678. The lowest BCUT2D eigenvalue weighted by Gasteiger charge is -2.21. The molecule has 1 rings (SSSR count). The van der Waals surface area contributed by atoms with Gasteiger partial charge in [0.2, 0.25) is 0 Å². The van der Waals surface area contributed by atoms with Gasteiger partial charge >= 0.3 is 0 Å². The monoisotopic (exact) mass is 232 g/mol. The van der Waals surface area contributed by atoms with Crippen molar-refractivity contribution >= 4 is 5.69 Å². The van der Waals surface area contributed by atoms with Crippen LogP contribution < -0.4 is 10.6 Å². The molecule has 0 aliphatic rings. The molecule has 2 nitrogen and oxygen atoms in total. The summed E-state index contributed by atoms with van der Waals surface area (Å²) in [7, 11) is 0. The fraction of sp³-hybridized carbons (Fsp3) is 0.467. The Morgan fingerprint density at radius 3 is 2.18 bits per heavy atom. The maximum Gasteiger partial charge on any atom is 0.0366 e. The van der Waals surface area contributed by atoms with E-state index in [2.05, 4.69) is 49.6 Å². The molecule has 0 bridgehead atoms. The molecule has 0 heterocycles. The van der Waals surface area contributed by atoms with Crippen LogP contribution in [0.25, 0.3) is 0 Å². The minimum absolute atomic E-state index is 0.0678. The van der Waals surface area contributed by atoms with Gasteiger partial charge in [0.25, 0.3) is 0 Å². The standard InChI is InChI=1S/C15H24N2/c1-5-17(6-2)14-9-7-13(8-10-14)15(16)11-12(3)4/h7-10,15H,3,5-6,11,16H2,1-2,4H3/t15-/m0/s1. The lowest BCUT2D eigenvalue weighted by Crippen LogP contribution is -2.21. The molecule has 1 aromatic carbocycles. The zero-order valence-corrected chi connectivity index (χ0v) is 11.2. The molecule has 0 aromatic heterocycles. The second kappa shape index (κ2) is 6.45. The first-order valence-corrected chi connectivity index (χ1v) is 6.33. The topological polar surface area (TPSA) is 29.3 Å². The maximum atomic E-state index is 6.11. The molecular weight excluding hydrogens is 208 g/mol. The Hall–Kier alpha value is -1.28. The van der Waals surface area contributed by atoms with Crippen molar-refractivity contribution in [3.63, 3.8) is 0 Å². The predicted molar refractivity (Wildman–Crippen MR) is 76.4 cm³/mol. The molecule has 1 atom stereocenters. The summed E-state index contributed by atoms with van der Waals surface area (Å²) in [5.41, 5.74) is 9.69. The van der Waals surface area contributed by atoms with Crippen LogP contribution in [-0.4, -0.2) is 13.1 Å². The molecule has 94 valence electrons. The van der Waals surface area contributed by atoms with E-state index in [-0.39, 0.29) is 6.04 Å². The number of rotatable bonds is 6. The molecule has 0 fully saturated rings. The smallest absolute Gasteiger partial charge is 0.0366 e. The Morgan fingerprint density at radius 2 is 1.76 bits per heavy atom. The molecule has 0 saturated carbocycles. The summed E-state index contributed by atoms with van der Waals surface area (Å²) in [6.07, 6.45) is 0.852. The Morgan fingerprint density at radius 1 is 1.24 bits per heavy atom. The zero-order valence-electron chi connectivity index (χ0n) is 11.2. The molecule has 1 aromatic rings. The predicted octanol–water partition coefficient (Wildman–Crippen LogP) is 3.50. The summed E-state index contributed by atoms with van der Waals surface area (Å²) in [6.45, 7) is 12.3. The third kappa shape index (κ3) is 3.90. The van der Waals surface area contributed by atoms with Crippen molar-refractivity contribution in [3.05, 3.63) is 42.0 Å². The third-order valence-electron chi connectivity index (χ3n) is 3.02.